The van der Waals surface area contributed by atoms with Gasteiger partial charge >= 0.3 is 0 Å². The zero-order chi connectivity index (χ0) is 10.1. The van der Waals surface area contributed by atoms with Gasteiger partial charge in [0, 0.05) is 0 Å². The fourth-order valence-corrected chi connectivity index (χ4v) is 1.42. The van der Waals surface area contributed by atoms with E-state index >= 15 is 0 Å². The van der Waals surface area contributed by atoms with E-state index < -0.39 is 5.41 Å². The van der Waals surface area contributed by atoms with Gasteiger partial charge in [0.05, 0.1) is 5.41 Å². The van der Waals surface area contributed by atoms with Crippen LogP contribution in [-0.2, 0) is 4.79 Å². The van der Waals surface area contributed by atoms with Crippen LogP contribution in [0.2, 0.25) is 0 Å². The lowest BCUT2D eigenvalue weighted by Crippen LogP contribution is -2.29. The van der Waals surface area contributed by atoms with Gasteiger partial charge in [0.25, 0.3) is 0 Å². The molecular weight excluding hydrogens is 160 g/mol. The molecule has 0 bridgehead atoms. The van der Waals surface area contributed by atoms with Crippen molar-refractivity contribution in [1.29, 1.82) is 0 Å². The van der Waals surface area contributed by atoms with Gasteiger partial charge in [-0.25, -0.2) is 0 Å². The predicted octanol–water partition coefficient (Wildman–Crippen LogP) is 2.81. The largest absolute Gasteiger partial charge is 0.293 e. The first kappa shape index (κ1) is 9.76. The van der Waals surface area contributed by atoms with Gasteiger partial charge in [-0.15, -0.1) is 5.73 Å². The predicted molar refractivity (Wildman–Crippen MR) is 54.3 cm³/mol. The van der Waals surface area contributed by atoms with E-state index in [9.17, 15) is 4.79 Å². The van der Waals surface area contributed by atoms with Crippen LogP contribution in [0.3, 0.4) is 0 Å². The molecule has 0 radical (unpaired) electrons. The molecule has 0 N–H and O–H groups in total. The van der Waals surface area contributed by atoms with E-state index in [4.69, 9.17) is 0 Å². The van der Waals surface area contributed by atoms with Crippen molar-refractivity contribution in [2.24, 2.45) is 5.41 Å². The Labute approximate surface area is 79.2 Å². The van der Waals surface area contributed by atoms with Crippen LogP contribution in [0.1, 0.15) is 20.8 Å². The molecule has 0 saturated carbocycles. The molecule has 1 unspecified atom stereocenters. The molecule has 0 saturated heterocycles. The second-order valence-electron chi connectivity index (χ2n) is 3.54. The van der Waals surface area contributed by atoms with Crippen molar-refractivity contribution >= 4 is 5.78 Å². The number of ketones is 1. The minimum Gasteiger partial charge on any atom is -0.293 e. The first-order valence-corrected chi connectivity index (χ1v) is 4.30. The van der Waals surface area contributed by atoms with Crippen molar-refractivity contribution in [3.63, 3.8) is 0 Å². The Balaban J connectivity index is 3.22. The summed E-state index contributed by atoms with van der Waals surface area (Å²) in [7, 11) is 0. The fraction of sp³-hybridized carbons (Fsp3) is 0.333. The summed E-state index contributed by atoms with van der Waals surface area (Å²) in [5.41, 5.74) is 3.93. The Hall–Kier alpha value is -1.33. The Morgan fingerprint density at radius 1 is 1.62 bits per heavy atom. The summed E-state index contributed by atoms with van der Waals surface area (Å²) >= 11 is 0. The van der Waals surface area contributed by atoms with Gasteiger partial charge in [0.1, 0.15) is 0 Å². The molecule has 0 aromatic carbocycles. The monoisotopic (exact) mass is 174 g/mol. The van der Waals surface area contributed by atoms with E-state index in [0.717, 1.165) is 11.1 Å². The third kappa shape index (κ3) is 1.43. The van der Waals surface area contributed by atoms with E-state index in [1.54, 1.807) is 0 Å². The maximum Gasteiger partial charge on any atom is 0.172 e. The lowest BCUT2D eigenvalue weighted by atomic mass is 9.74. The minimum atomic E-state index is -0.527. The molecular formula is C12H14O. The number of hydrogen-bond acceptors (Lipinski definition) is 1. The number of Topliss-reactive ketones (excluding diaryl/α,β-unsaturated/α-hetero) is 1. The summed E-state index contributed by atoms with van der Waals surface area (Å²) in [6, 6.07) is 0. The Kier molecular flexibility index (Phi) is 2.40. The molecule has 1 heteroatoms. The quantitative estimate of drug-likeness (QED) is 0.559. The molecule has 0 spiro atoms. The van der Waals surface area contributed by atoms with Gasteiger partial charge in [-0.3, -0.25) is 4.79 Å². The summed E-state index contributed by atoms with van der Waals surface area (Å²) in [5.74, 6) is 0.142. The molecule has 0 aliphatic heterocycles. The molecule has 1 atom stereocenters. The van der Waals surface area contributed by atoms with Crippen LogP contribution in [0.25, 0.3) is 0 Å². The molecule has 1 rings (SSSR count). The van der Waals surface area contributed by atoms with Crippen molar-refractivity contribution in [3.8, 4) is 0 Å². The first-order valence-electron chi connectivity index (χ1n) is 4.30. The molecule has 0 aromatic rings. The molecule has 0 amide bonds. The Morgan fingerprint density at radius 2 is 2.23 bits per heavy atom. The van der Waals surface area contributed by atoms with Crippen molar-refractivity contribution in [2.75, 3.05) is 0 Å². The standard InChI is InChI=1S/C12H14O/c1-5-10(3)12(4)8-6-7-9(2)11(12)13/h6-8H,1H2,2-4H3. The van der Waals surface area contributed by atoms with Crippen LogP contribution in [0, 0.1) is 5.41 Å². The molecule has 0 aromatic heterocycles. The molecule has 1 aliphatic rings. The number of carbonyl (C=O) groups excluding carboxylic acids is 1. The normalized spacial score (nSPS) is 26.7. The van der Waals surface area contributed by atoms with Gasteiger partial charge in [-0.2, -0.15) is 0 Å². The molecule has 13 heavy (non-hydrogen) atoms. The van der Waals surface area contributed by atoms with Gasteiger partial charge in [-0.1, -0.05) is 24.8 Å². The fourth-order valence-electron chi connectivity index (χ4n) is 1.42. The highest BCUT2D eigenvalue weighted by molar-refractivity contribution is 6.03. The summed E-state index contributed by atoms with van der Waals surface area (Å²) < 4.78 is 0. The maximum absolute atomic E-state index is 11.8. The van der Waals surface area contributed by atoms with Crippen LogP contribution in [-0.4, -0.2) is 5.78 Å². The molecule has 0 heterocycles. The molecule has 0 fully saturated rings. The highest BCUT2D eigenvalue weighted by atomic mass is 16.1. The smallest absolute Gasteiger partial charge is 0.172 e. The highest BCUT2D eigenvalue weighted by Gasteiger charge is 2.34. The number of rotatable bonds is 1. The third-order valence-corrected chi connectivity index (χ3v) is 2.65. The zero-order valence-corrected chi connectivity index (χ0v) is 8.35. The average Bonchev–Trinajstić information content (AvgIpc) is 2.13. The van der Waals surface area contributed by atoms with Crippen LogP contribution < -0.4 is 0 Å². The Bertz CT molecular complexity index is 351. The van der Waals surface area contributed by atoms with Gasteiger partial charge in [0.2, 0.25) is 0 Å². The van der Waals surface area contributed by atoms with Crippen molar-refractivity contribution in [3.05, 3.63) is 41.7 Å². The van der Waals surface area contributed by atoms with E-state index in [1.165, 1.54) is 0 Å². The van der Waals surface area contributed by atoms with Crippen molar-refractivity contribution < 1.29 is 4.79 Å². The number of carbonyl (C=O) groups is 1. The summed E-state index contributed by atoms with van der Waals surface area (Å²) in [6.07, 6.45) is 5.65. The SMILES string of the molecule is C=C=C(C)C1(C)C=CC=C(C)C1=O. The van der Waals surface area contributed by atoms with Crippen LogP contribution >= 0.6 is 0 Å². The number of hydrogen-bond donors (Lipinski definition) is 0. The van der Waals surface area contributed by atoms with Crippen molar-refractivity contribution in [1.82, 2.24) is 0 Å². The van der Waals surface area contributed by atoms with E-state index in [0.29, 0.717) is 0 Å². The van der Waals surface area contributed by atoms with Gasteiger partial charge in [-0.05, 0) is 31.9 Å². The van der Waals surface area contributed by atoms with E-state index in [-0.39, 0.29) is 5.78 Å². The lowest BCUT2D eigenvalue weighted by Gasteiger charge is -2.26. The summed E-state index contributed by atoms with van der Waals surface area (Å²) in [4.78, 5) is 11.8. The number of allylic oxidation sites excluding steroid dienone is 5. The topological polar surface area (TPSA) is 17.1 Å². The maximum atomic E-state index is 11.8. The second-order valence-corrected chi connectivity index (χ2v) is 3.54. The third-order valence-electron chi connectivity index (χ3n) is 2.65. The van der Waals surface area contributed by atoms with Gasteiger partial charge in [0.15, 0.2) is 5.78 Å². The van der Waals surface area contributed by atoms with E-state index in [2.05, 4.69) is 12.3 Å². The lowest BCUT2D eigenvalue weighted by molar-refractivity contribution is -0.120. The zero-order valence-electron chi connectivity index (χ0n) is 8.35. The average molecular weight is 174 g/mol. The summed E-state index contributed by atoms with van der Waals surface area (Å²) in [6.45, 7) is 9.19. The molecule has 68 valence electrons. The Morgan fingerprint density at radius 3 is 2.77 bits per heavy atom. The molecule has 1 aliphatic carbocycles. The second kappa shape index (κ2) is 3.20. The van der Waals surface area contributed by atoms with E-state index in [1.807, 2.05) is 39.0 Å². The van der Waals surface area contributed by atoms with Gasteiger partial charge < -0.3 is 0 Å². The summed E-state index contributed by atoms with van der Waals surface area (Å²) in [5, 5.41) is 0. The minimum absolute atomic E-state index is 0.142. The highest BCUT2D eigenvalue weighted by Crippen LogP contribution is 2.33. The van der Waals surface area contributed by atoms with Crippen LogP contribution in [0.4, 0.5) is 0 Å². The van der Waals surface area contributed by atoms with Crippen LogP contribution in [0.15, 0.2) is 41.7 Å². The molecule has 1 nitrogen and oxygen atoms in total. The van der Waals surface area contributed by atoms with Crippen molar-refractivity contribution in [2.45, 2.75) is 20.8 Å². The first-order chi connectivity index (χ1) is 6.02. The van der Waals surface area contributed by atoms with Crippen LogP contribution in [0.5, 0.6) is 0 Å².